The molecule has 7 nitrogen and oxygen atoms in total. The van der Waals surface area contributed by atoms with Gasteiger partial charge in [-0.05, 0) is 49.2 Å². The van der Waals surface area contributed by atoms with Gasteiger partial charge in [0.15, 0.2) is 5.82 Å². The zero-order chi connectivity index (χ0) is 20.4. The summed E-state index contributed by atoms with van der Waals surface area (Å²) < 4.78 is 1.38. The summed E-state index contributed by atoms with van der Waals surface area (Å²) >= 11 is 12.2. The summed E-state index contributed by atoms with van der Waals surface area (Å²) in [6.45, 7) is 3.64. The number of hydrogen-bond acceptors (Lipinski definition) is 4. The number of rotatable bonds is 5. The number of anilines is 1. The highest BCUT2D eigenvalue weighted by Gasteiger charge is 2.21. The van der Waals surface area contributed by atoms with Crippen molar-refractivity contribution in [2.24, 2.45) is 5.73 Å². The van der Waals surface area contributed by atoms with E-state index in [0.29, 0.717) is 39.2 Å². The van der Waals surface area contributed by atoms with Gasteiger partial charge in [0.25, 0.3) is 11.8 Å². The average molecular weight is 418 g/mol. The average Bonchev–Trinajstić information content (AvgIpc) is 3.08. The Morgan fingerprint density at radius 2 is 2.00 bits per heavy atom. The number of primary amides is 1. The predicted molar refractivity (Wildman–Crippen MR) is 108 cm³/mol. The van der Waals surface area contributed by atoms with Crippen molar-refractivity contribution in [3.63, 3.8) is 0 Å². The number of nitrogens with two attached hydrogens (primary N) is 1. The number of carbonyl (C=O) groups is 2. The first-order valence-corrected chi connectivity index (χ1v) is 9.18. The highest BCUT2D eigenvalue weighted by atomic mass is 35.5. The van der Waals surface area contributed by atoms with E-state index in [9.17, 15) is 9.59 Å². The molecule has 0 radical (unpaired) electrons. The molecule has 0 aliphatic heterocycles. The van der Waals surface area contributed by atoms with Crippen molar-refractivity contribution in [1.82, 2.24) is 14.8 Å². The first-order valence-electron chi connectivity index (χ1n) is 8.43. The molecule has 0 fully saturated rings. The van der Waals surface area contributed by atoms with Crippen molar-refractivity contribution in [1.29, 1.82) is 0 Å². The van der Waals surface area contributed by atoms with Crippen LogP contribution in [0.2, 0.25) is 10.0 Å². The van der Waals surface area contributed by atoms with Gasteiger partial charge < -0.3 is 11.1 Å². The molecule has 2 heterocycles. The number of nitrogens with one attached hydrogen (secondary N) is 1. The van der Waals surface area contributed by atoms with Gasteiger partial charge in [0.05, 0.1) is 22.0 Å². The molecule has 28 heavy (non-hydrogen) atoms. The Morgan fingerprint density at radius 1 is 1.25 bits per heavy atom. The third kappa shape index (κ3) is 3.85. The molecule has 144 valence electrons. The van der Waals surface area contributed by atoms with Crippen LogP contribution < -0.4 is 11.1 Å². The number of amides is 2. The molecule has 3 rings (SSSR count). The normalized spacial score (nSPS) is 10.7. The van der Waals surface area contributed by atoms with Gasteiger partial charge in [0, 0.05) is 11.2 Å². The Labute approximate surface area is 171 Å². The predicted octanol–water partition coefficient (Wildman–Crippen LogP) is 3.80. The van der Waals surface area contributed by atoms with Crippen LogP contribution in [-0.4, -0.2) is 26.6 Å². The van der Waals surface area contributed by atoms with Gasteiger partial charge in [0.2, 0.25) is 0 Å². The van der Waals surface area contributed by atoms with Crippen molar-refractivity contribution in [2.45, 2.75) is 20.3 Å². The number of carbonyl (C=O) groups excluding carboxylic acids is 2. The highest BCUT2D eigenvalue weighted by molar-refractivity contribution is 6.32. The summed E-state index contributed by atoms with van der Waals surface area (Å²) in [7, 11) is 0. The molecule has 3 N–H and O–H groups in total. The van der Waals surface area contributed by atoms with E-state index in [1.54, 1.807) is 37.4 Å². The molecule has 2 amide bonds. The zero-order valence-corrected chi connectivity index (χ0v) is 16.7. The largest absolute Gasteiger partial charge is 0.366 e. The summed E-state index contributed by atoms with van der Waals surface area (Å²) in [6, 6.07) is 8.04. The number of aromatic nitrogens is 3. The van der Waals surface area contributed by atoms with E-state index >= 15 is 0 Å². The van der Waals surface area contributed by atoms with Crippen LogP contribution in [0.5, 0.6) is 0 Å². The number of aryl methyl sites for hydroxylation is 2. The second-order valence-electron chi connectivity index (χ2n) is 6.06. The molecule has 0 aliphatic rings. The van der Waals surface area contributed by atoms with E-state index < -0.39 is 11.8 Å². The second kappa shape index (κ2) is 8.00. The van der Waals surface area contributed by atoms with Crippen LogP contribution >= 0.6 is 23.2 Å². The van der Waals surface area contributed by atoms with Gasteiger partial charge in [-0.2, -0.15) is 5.10 Å². The SMILES string of the molecule is CCc1cc(C(=O)Nc2c(C)cc(Cl)cc2C(N)=O)n(-c2ncccc2Cl)n1. The molecule has 9 heteroatoms. The van der Waals surface area contributed by atoms with Crippen LogP contribution in [0.3, 0.4) is 0 Å². The Hall–Kier alpha value is -2.90. The Morgan fingerprint density at radius 3 is 2.64 bits per heavy atom. The first-order chi connectivity index (χ1) is 13.3. The molecule has 3 aromatic rings. The Kier molecular flexibility index (Phi) is 5.67. The fourth-order valence-corrected chi connectivity index (χ4v) is 3.21. The molecular weight excluding hydrogens is 401 g/mol. The molecule has 0 aliphatic carbocycles. The molecule has 0 bridgehead atoms. The van der Waals surface area contributed by atoms with E-state index in [-0.39, 0.29) is 11.3 Å². The molecule has 2 aromatic heterocycles. The summed E-state index contributed by atoms with van der Waals surface area (Å²) in [5, 5.41) is 7.85. The van der Waals surface area contributed by atoms with Crippen LogP contribution in [0.15, 0.2) is 36.5 Å². The summed E-state index contributed by atoms with van der Waals surface area (Å²) in [5.74, 6) is -0.852. The van der Waals surface area contributed by atoms with Crippen molar-refractivity contribution in [3.05, 3.63) is 69.1 Å². The van der Waals surface area contributed by atoms with Crippen LogP contribution in [-0.2, 0) is 6.42 Å². The summed E-state index contributed by atoms with van der Waals surface area (Å²) in [4.78, 5) is 29.0. The molecule has 1 aromatic carbocycles. The third-order valence-electron chi connectivity index (χ3n) is 4.10. The standard InChI is InChI=1S/C19H17Cl2N5O2/c1-3-12-9-15(26(25-12)18-14(21)5-4-6-23-18)19(28)24-16-10(2)7-11(20)8-13(16)17(22)27/h4-9H,3H2,1-2H3,(H2,22,27)(H,24,28). The highest BCUT2D eigenvalue weighted by Crippen LogP contribution is 2.27. The van der Waals surface area contributed by atoms with Gasteiger partial charge in [-0.15, -0.1) is 0 Å². The maximum absolute atomic E-state index is 13.0. The number of benzene rings is 1. The fraction of sp³-hybridized carbons (Fsp3) is 0.158. The van der Waals surface area contributed by atoms with Crippen molar-refractivity contribution in [2.75, 3.05) is 5.32 Å². The van der Waals surface area contributed by atoms with Crippen LogP contribution in [0.4, 0.5) is 5.69 Å². The third-order valence-corrected chi connectivity index (χ3v) is 4.61. The smallest absolute Gasteiger partial charge is 0.274 e. The molecule has 0 saturated carbocycles. The van der Waals surface area contributed by atoms with Crippen LogP contribution in [0, 0.1) is 6.92 Å². The fourth-order valence-electron chi connectivity index (χ4n) is 2.74. The van der Waals surface area contributed by atoms with Gasteiger partial charge in [0.1, 0.15) is 5.69 Å². The minimum atomic E-state index is -0.698. The maximum Gasteiger partial charge on any atom is 0.274 e. The molecule has 0 atom stereocenters. The number of hydrogen-bond donors (Lipinski definition) is 2. The monoisotopic (exact) mass is 417 g/mol. The van der Waals surface area contributed by atoms with Crippen molar-refractivity contribution < 1.29 is 9.59 Å². The van der Waals surface area contributed by atoms with E-state index in [4.69, 9.17) is 28.9 Å². The minimum absolute atomic E-state index is 0.121. The number of halogens is 2. The van der Waals surface area contributed by atoms with Gasteiger partial charge >= 0.3 is 0 Å². The molecule has 0 saturated heterocycles. The summed E-state index contributed by atoms with van der Waals surface area (Å²) in [6.07, 6.45) is 2.18. The van der Waals surface area contributed by atoms with Crippen LogP contribution in [0.1, 0.15) is 39.0 Å². The number of pyridine rings is 1. The Bertz CT molecular complexity index is 1080. The van der Waals surface area contributed by atoms with E-state index in [1.807, 2.05) is 6.92 Å². The van der Waals surface area contributed by atoms with Crippen LogP contribution in [0.25, 0.3) is 5.82 Å². The molecular formula is C19H17Cl2N5O2. The first kappa shape index (κ1) is 19.9. The lowest BCUT2D eigenvalue weighted by Crippen LogP contribution is -2.21. The summed E-state index contributed by atoms with van der Waals surface area (Å²) in [5.41, 5.74) is 7.37. The Balaban J connectivity index is 2.07. The number of nitrogens with zero attached hydrogens (tertiary/aromatic N) is 3. The molecule has 0 spiro atoms. The van der Waals surface area contributed by atoms with Gasteiger partial charge in [-0.3, -0.25) is 9.59 Å². The second-order valence-corrected chi connectivity index (χ2v) is 6.90. The zero-order valence-electron chi connectivity index (χ0n) is 15.2. The van der Waals surface area contributed by atoms with Gasteiger partial charge in [-0.25, -0.2) is 9.67 Å². The molecule has 0 unspecified atom stereocenters. The lowest BCUT2D eigenvalue weighted by Gasteiger charge is -2.13. The lowest BCUT2D eigenvalue weighted by molar-refractivity contribution is 0.100. The van der Waals surface area contributed by atoms with E-state index in [1.165, 1.54) is 10.7 Å². The quantitative estimate of drug-likeness (QED) is 0.658. The van der Waals surface area contributed by atoms with E-state index in [0.717, 1.165) is 0 Å². The maximum atomic E-state index is 13.0. The minimum Gasteiger partial charge on any atom is -0.366 e. The van der Waals surface area contributed by atoms with Gasteiger partial charge in [-0.1, -0.05) is 30.1 Å². The lowest BCUT2D eigenvalue weighted by atomic mass is 10.1. The van der Waals surface area contributed by atoms with Crippen molar-refractivity contribution in [3.8, 4) is 5.82 Å². The van der Waals surface area contributed by atoms with E-state index in [2.05, 4.69) is 15.4 Å². The topological polar surface area (TPSA) is 103 Å². The van der Waals surface area contributed by atoms with Crippen molar-refractivity contribution >= 4 is 40.7 Å².